The van der Waals surface area contributed by atoms with Crippen molar-refractivity contribution in [3.05, 3.63) is 29.3 Å². The van der Waals surface area contributed by atoms with E-state index in [-0.39, 0.29) is 17.2 Å². The van der Waals surface area contributed by atoms with Gasteiger partial charge in [0.25, 0.3) is 0 Å². The zero-order valence-electron chi connectivity index (χ0n) is 12.5. The summed E-state index contributed by atoms with van der Waals surface area (Å²) in [6, 6.07) is 3.85. The van der Waals surface area contributed by atoms with Crippen molar-refractivity contribution >= 4 is 23.7 Å². The Bertz CT molecular complexity index is 561. The lowest BCUT2D eigenvalue weighted by Crippen LogP contribution is -2.30. The molecule has 1 aromatic carbocycles. The lowest BCUT2D eigenvalue weighted by atomic mass is 10.1. The van der Waals surface area contributed by atoms with Gasteiger partial charge in [-0.25, -0.2) is 14.4 Å². The largest absolute Gasteiger partial charge is 0.465 e. The van der Waals surface area contributed by atoms with Gasteiger partial charge in [0.1, 0.15) is 0 Å². The van der Waals surface area contributed by atoms with Gasteiger partial charge in [0, 0.05) is 12.2 Å². The molecular weight excluding hydrogens is 288 g/mol. The minimum Gasteiger partial charge on any atom is -0.465 e. The quantitative estimate of drug-likeness (QED) is 0.809. The first-order valence-corrected chi connectivity index (χ1v) is 6.90. The maximum atomic E-state index is 11.8. The van der Waals surface area contributed by atoms with Gasteiger partial charge in [0.15, 0.2) is 0 Å². The van der Waals surface area contributed by atoms with E-state index in [1.807, 2.05) is 0 Å². The van der Waals surface area contributed by atoms with Crippen molar-refractivity contribution in [3.8, 4) is 0 Å². The van der Waals surface area contributed by atoms with Gasteiger partial charge >= 0.3 is 18.0 Å². The Morgan fingerprint density at radius 3 is 2.05 bits per heavy atom. The number of hydrogen-bond acceptors (Lipinski definition) is 5. The molecule has 0 bridgehead atoms. The van der Waals surface area contributed by atoms with Crippen LogP contribution < -0.4 is 10.6 Å². The monoisotopic (exact) mass is 306 g/mol. The Morgan fingerprint density at radius 2 is 1.59 bits per heavy atom. The van der Waals surface area contributed by atoms with Crippen LogP contribution in [0.1, 0.15) is 33.6 Å². The highest BCUT2D eigenvalue weighted by Gasteiger charge is 2.21. The SMILES string of the molecule is COC(=O)c1cc(NC(=O)NCC2CC2)cc(C(=O)OC)c1. The van der Waals surface area contributed by atoms with E-state index in [1.165, 1.54) is 32.4 Å². The van der Waals surface area contributed by atoms with Crippen LogP contribution in [0.2, 0.25) is 0 Å². The Hall–Kier alpha value is -2.57. The smallest absolute Gasteiger partial charge is 0.337 e. The number of nitrogens with one attached hydrogen (secondary N) is 2. The molecule has 0 saturated heterocycles. The molecule has 0 aromatic heterocycles. The lowest BCUT2D eigenvalue weighted by Gasteiger charge is -2.10. The highest BCUT2D eigenvalue weighted by molar-refractivity contribution is 5.99. The maximum Gasteiger partial charge on any atom is 0.337 e. The average molecular weight is 306 g/mol. The van der Waals surface area contributed by atoms with Crippen LogP contribution in [0.15, 0.2) is 18.2 Å². The Kier molecular flexibility index (Phi) is 4.98. The molecule has 1 saturated carbocycles. The molecule has 2 rings (SSSR count). The second kappa shape index (κ2) is 6.93. The second-order valence-corrected chi connectivity index (χ2v) is 5.06. The number of ether oxygens (including phenoxy) is 2. The van der Waals surface area contributed by atoms with Crippen LogP contribution in [0.25, 0.3) is 0 Å². The van der Waals surface area contributed by atoms with E-state index >= 15 is 0 Å². The fraction of sp³-hybridized carbons (Fsp3) is 0.400. The van der Waals surface area contributed by atoms with Gasteiger partial charge in [-0.2, -0.15) is 0 Å². The summed E-state index contributed by atoms with van der Waals surface area (Å²) in [4.78, 5) is 35.1. The highest BCUT2D eigenvalue weighted by atomic mass is 16.5. The average Bonchev–Trinajstić information content (AvgIpc) is 3.35. The number of urea groups is 1. The Morgan fingerprint density at radius 1 is 1.05 bits per heavy atom. The minimum atomic E-state index is -0.604. The molecule has 2 N–H and O–H groups in total. The van der Waals surface area contributed by atoms with E-state index in [0.29, 0.717) is 18.2 Å². The van der Waals surface area contributed by atoms with Crippen LogP contribution in [0.5, 0.6) is 0 Å². The topological polar surface area (TPSA) is 93.7 Å². The Balaban J connectivity index is 2.14. The van der Waals surface area contributed by atoms with Crippen LogP contribution >= 0.6 is 0 Å². The molecule has 22 heavy (non-hydrogen) atoms. The number of amides is 2. The second-order valence-electron chi connectivity index (χ2n) is 5.06. The molecule has 7 nitrogen and oxygen atoms in total. The lowest BCUT2D eigenvalue weighted by molar-refractivity contribution is 0.0599. The molecule has 0 atom stereocenters. The number of anilines is 1. The van der Waals surface area contributed by atoms with Crippen LogP contribution in [0.3, 0.4) is 0 Å². The summed E-state index contributed by atoms with van der Waals surface area (Å²) in [7, 11) is 2.48. The van der Waals surface area contributed by atoms with Crippen LogP contribution in [0.4, 0.5) is 10.5 Å². The zero-order chi connectivity index (χ0) is 16.1. The van der Waals surface area contributed by atoms with E-state index in [9.17, 15) is 14.4 Å². The Labute approximate surface area is 128 Å². The standard InChI is InChI=1S/C15H18N2O5/c1-21-13(18)10-5-11(14(19)22-2)7-12(6-10)17-15(20)16-8-9-3-4-9/h5-7,9H,3-4,8H2,1-2H3,(H2,16,17,20). The number of carbonyl (C=O) groups is 3. The van der Waals surface area contributed by atoms with Crippen molar-refractivity contribution in [3.63, 3.8) is 0 Å². The molecule has 0 unspecified atom stereocenters. The van der Waals surface area contributed by atoms with Gasteiger partial charge in [-0.15, -0.1) is 0 Å². The number of benzene rings is 1. The van der Waals surface area contributed by atoms with Gasteiger partial charge in [-0.05, 0) is 37.0 Å². The van der Waals surface area contributed by atoms with Gasteiger partial charge in [0.05, 0.1) is 25.3 Å². The van der Waals surface area contributed by atoms with Crippen molar-refractivity contribution in [2.45, 2.75) is 12.8 Å². The van der Waals surface area contributed by atoms with E-state index in [1.54, 1.807) is 0 Å². The van der Waals surface area contributed by atoms with E-state index < -0.39 is 11.9 Å². The summed E-state index contributed by atoms with van der Waals surface area (Å²) in [6.07, 6.45) is 2.26. The summed E-state index contributed by atoms with van der Waals surface area (Å²) in [6.45, 7) is 0.617. The first-order valence-electron chi connectivity index (χ1n) is 6.90. The van der Waals surface area contributed by atoms with Crippen molar-refractivity contribution in [1.29, 1.82) is 0 Å². The van der Waals surface area contributed by atoms with Gasteiger partial charge in [-0.3, -0.25) is 0 Å². The first-order chi connectivity index (χ1) is 10.5. The maximum absolute atomic E-state index is 11.8. The third-order valence-electron chi connectivity index (χ3n) is 3.28. The molecule has 1 aromatic rings. The highest BCUT2D eigenvalue weighted by Crippen LogP contribution is 2.27. The number of esters is 2. The summed E-state index contributed by atoms with van der Waals surface area (Å²) >= 11 is 0. The van der Waals surface area contributed by atoms with Crippen LogP contribution in [0, 0.1) is 5.92 Å². The van der Waals surface area contributed by atoms with E-state index in [2.05, 4.69) is 20.1 Å². The molecule has 1 aliphatic rings. The normalized spacial score (nSPS) is 13.2. The molecule has 7 heteroatoms. The summed E-state index contributed by atoms with van der Waals surface area (Å²) < 4.78 is 9.26. The molecule has 118 valence electrons. The number of rotatable bonds is 5. The molecule has 0 heterocycles. The van der Waals surface area contributed by atoms with Gasteiger partial charge in [0.2, 0.25) is 0 Å². The summed E-state index contributed by atoms with van der Waals surface area (Å²) in [5.41, 5.74) is 0.627. The molecule has 2 amide bonds. The van der Waals surface area contributed by atoms with Crippen molar-refractivity contribution < 1.29 is 23.9 Å². The number of methoxy groups -OCH3 is 2. The number of hydrogen-bond donors (Lipinski definition) is 2. The van der Waals surface area contributed by atoms with Crippen LogP contribution in [-0.2, 0) is 9.47 Å². The van der Waals surface area contributed by atoms with Crippen molar-refractivity contribution in [1.82, 2.24) is 5.32 Å². The molecule has 0 aliphatic heterocycles. The van der Waals surface area contributed by atoms with E-state index in [4.69, 9.17) is 0 Å². The molecular formula is C15H18N2O5. The minimum absolute atomic E-state index is 0.155. The zero-order valence-corrected chi connectivity index (χ0v) is 12.5. The molecule has 1 fully saturated rings. The third-order valence-corrected chi connectivity index (χ3v) is 3.28. The van der Waals surface area contributed by atoms with E-state index in [0.717, 1.165) is 12.8 Å². The predicted molar refractivity (Wildman–Crippen MR) is 78.9 cm³/mol. The van der Waals surface area contributed by atoms with Gasteiger partial charge < -0.3 is 20.1 Å². The molecule has 0 spiro atoms. The predicted octanol–water partition coefficient (Wildman–Crippen LogP) is 1.79. The number of carbonyl (C=O) groups excluding carboxylic acids is 3. The third kappa shape index (κ3) is 4.21. The van der Waals surface area contributed by atoms with Gasteiger partial charge in [-0.1, -0.05) is 0 Å². The molecule has 1 aliphatic carbocycles. The van der Waals surface area contributed by atoms with Crippen molar-refractivity contribution in [2.24, 2.45) is 5.92 Å². The summed E-state index contributed by atoms with van der Waals surface area (Å²) in [5, 5.41) is 5.33. The summed E-state index contributed by atoms with van der Waals surface area (Å²) in [5.74, 6) is -0.655. The fourth-order valence-corrected chi connectivity index (χ4v) is 1.91. The first kappa shape index (κ1) is 15.8. The van der Waals surface area contributed by atoms with Crippen molar-refractivity contribution in [2.75, 3.05) is 26.1 Å². The van der Waals surface area contributed by atoms with Crippen LogP contribution in [-0.4, -0.2) is 38.7 Å². The fourth-order valence-electron chi connectivity index (χ4n) is 1.91. The molecule has 0 radical (unpaired) electrons.